The summed E-state index contributed by atoms with van der Waals surface area (Å²) < 4.78 is 8.08. The molecule has 13 heteroatoms. The summed E-state index contributed by atoms with van der Waals surface area (Å²) in [4.78, 5) is 54.0. The maximum atomic E-state index is 11.1. The first-order valence-corrected chi connectivity index (χ1v) is 4.95. The standard InChI is InChI=1S/C10H12O9.ClH.3Na.3H/c1-5(11)18-7(13)3-10(17,9(15)16)4-8(14)19-6(2)12;;;;;;;/h17H,3-4H2,1-2H3,(H,15,16);1H;;;;;;. The van der Waals surface area contributed by atoms with E-state index in [1.807, 2.05) is 0 Å². The molecule has 0 aromatic carbocycles. The molecule has 9 nitrogen and oxygen atoms in total. The Morgan fingerprint density at radius 1 is 0.826 bits per heavy atom. The number of hydrogen-bond donors (Lipinski definition) is 2. The van der Waals surface area contributed by atoms with Crippen molar-refractivity contribution in [1.82, 2.24) is 0 Å². The van der Waals surface area contributed by atoms with Gasteiger partial charge in [-0.25, -0.2) is 4.79 Å². The second-order valence-corrected chi connectivity index (χ2v) is 3.62. The van der Waals surface area contributed by atoms with E-state index in [9.17, 15) is 29.1 Å². The number of aliphatic carboxylic acids is 1. The number of halogens is 1. The maximum absolute atomic E-state index is 11.1. The third-order valence-corrected chi connectivity index (χ3v) is 1.79. The summed E-state index contributed by atoms with van der Waals surface area (Å²) >= 11 is 0. The molecule has 0 atom stereocenters. The summed E-state index contributed by atoms with van der Waals surface area (Å²) in [6.45, 7) is 1.81. The molecule has 0 aliphatic rings. The van der Waals surface area contributed by atoms with Gasteiger partial charge in [0.15, 0.2) is 5.60 Å². The zero-order valence-electron chi connectivity index (χ0n) is 10.6. The van der Waals surface area contributed by atoms with Gasteiger partial charge in [0.05, 0.1) is 12.8 Å². The molecule has 0 saturated heterocycles. The SMILES string of the molecule is CC(=O)OC(=O)CC(O)(CC(=O)OC(C)=O)C(=O)O.Cl.[NaH].[NaH].[NaH]. The van der Waals surface area contributed by atoms with E-state index >= 15 is 0 Å². The fourth-order valence-corrected chi connectivity index (χ4v) is 1.08. The van der Waals surface area contributed by atoms with E-state index in [0.29, 0.717) is 0 Å². The molecular formula is C10H16ClNa3O9. The molecule has 0 aliphatic heterocycles. The third kappa shape index (κ3) is 16.2. The van der Waals surface area contributed by atoms with Crippen LogP contribution in [0.1, 0.15) is 26.7 Å². The Morgan fingerprint density at radius 2 is 1.09 bits per heavy atom. The molecular weight excluding hydrogens is 369 g/mol. The van der Waals surface area contributed by atoms with Crippen LogP contribution in [0.4, 0.5) is 0 Å². The molecule has 0 unspecified atom stereocenters. The molecule has 0 fully saturated rings. The Bertz CT molecular complexity index is 411. The topological polar surface area (TPSA) is 144 Å². The molecule has 0 heterocycles. The number of carboxylic acid groups (broad SMARTS) is 1. The zero-order valence-corrected chi connectivity index (χ0v) is 11.4. The van der Waals surface area contributed by atoms with Gasteiger partial charge in [-0.1, -0.05) is 0 Å². The predicted molar refractivity (Wildman–Crippen MR) is 84.1 cm³/mol. The molecule has 0 amide bonds. The van der Waals surface area contributed by atoms with Gasteiger partial charge < -0.3 is 19.7 Å². The average molecular weight is 385 g/mol. The van der Waals surface area contributed by atoms with Crippen molar-refractivity contribution in [3.63, 3.8) is 0 Å². The molecule has 0 aliphatic carbocycles. The van der Waals surface area contributed by atoms with Gasteiger partial charge in [-0.15, -0.1) is 12.4 Å². The van der Waals surface area contributed by atoms with Gasteiger partial charge in [-0.3, -0.25) is 19.2 Å². The Morgan fingerprint density at radius 3 is 1.26 bits per heavy atom. The monoisotopic (exact) mass is 384 g/mol. The molecule has 0 saturated carbocycles. The summed E-state index contributed by atoms with van der Waals surface area (Å²) in [5, 5.41) is 18.4. The Hall–Kier alpha value is 1.000. The number of hydrogen-bond acceptors (Lipinski definition) is 8. The van der Waals surface area contributed by atoms with Crippen LogP contribution >= 0.6 is 12.4 Å². The predicted octanol–water partition coefficient (Wildman–Crippen LogP) is -2.76. The quantitative estimate of drug-likeness (QED) is 0.292. The molecule has 0 rings (SSSR count). The van der Waals surface area contributed by atoms with Crippen LogP contribution < -0.4 is 0 Å². The molecule has 0 aromatic heterocycles. The Kier molecular flexibility index (Phi) is 25.2. The van der Waals surface area contributed by atoms with Crippen molar-refractivity contribution in [1.29, 1.82) is 0 Å². The van der Waals surface area contributed by atoms with Crippen LogP contribution in [-0.4, -0.2) is 134 Å². The van der Waals surface area contributed by atoms with Gasteiger partial charge in [0, 0.05) is 13.8 Å². The van der Waals surface area contributed by atoms with Gasteiger partial charge in [0.25, 0.3) is 0 Å². The van der Waals surface area contributed by atoms with Gasteiger partial charge in [-0.2, -0.15) is 0 Å². The fourth-order valence-electron chi connectivity index (χ4n) is 1.08. The summed E-state index contributed by atoms with van der Waals surface area (Å²) in [5.41, 5.74) is -2.82. The summed E-state index contributed by atoms with van der Waals surface area (Å²) in [5.74, 6) is -6.54. The van der Waals surface area contributed by atoms with E-state index in [2.05, 4.69) is 9.47 Å². The van der Waals surface area contributed by atoms with Crippen LogP contribution in [0.3, 0.4) is 0 Å². The number of carboxylic acids is 1. The Balaban J connectivity index is -0.000000270. The molecule has 0 spiro atoms. The molecule has 2 N–H and O–H groups in total. The van der Waals surface area contributed by atoms with Crippen molar-refractivity contribution >= 4 is 131 Å². The van der Waals surface area contributed by atoms with Gasteiger partial charge in [-0.05, 0) is 0 Å². The van der Waals surface area contributed by atoms with Crippen LogP contribution in [0.25, 0.3) is 0 Å². The molecule has 120 valence electrons. The third-order valence-electron chi connectivity index (χ3n) is 1.79. The van der Waals surface area contributed by atoms with E-state index < -0.39 is 48.3 Å². The first-order valence-electron chi connectivity index (χ1n) is 4.95. The first-order chi connectivity index (χ1) is 8.56. The van der Waals surface area contributed by atoms with E-state index in [0.717, 1.165) is 13.8 Å². The normalized spacial score (nSPS) is 8.65. The molecule has 0 aromatic rings. The van der Waals surface area contributed by atoms with E-state index in [-0.39, 0.29) is 101 Å². The Labute approximate surface area is 204 Å². The van der Waals surface area contributed by atoms with Crippen LogP contribution in [0, 0.1) is 0 Å². The van der Waals surface area contributed by atoms with Crippen molar-refractivity contribution in [2.75, 3.05) is 0 Å². The van der Waals surface area contributed by atoms with E-state index in [4.69, 9.17) is 5.11 Å². The van der Waals surface area contributed by atoms with Crippen molar-refractivity contribution < 1.29 is 43.7 Å². The van der Waals surface area contributed by atoms with Crippen molar-refractivity contribution in [3.8, 4) is 0 Å². The molecule has 23 heavy (non-hydrogen) atoms. The van der Waals surface area contributed by atoms with E-state index in [1.165, 1.54) is 0 Å². The summed E-state index contributed by atoms with van der Waals surface area (Å²) in [6.07, 6.45) is -2.29. The fraction of sp³-hybridized carbons (Fsp3) is 0.500. The number of carbonyl (C=O) groups is 5. The first kappa shape index (κ1) is 35.2. The summed E-state index contributed by atoms with van der Waals surface area (Å²) in [7, 11) is 0. The van der Waals surface area contributed by atoms with Gasteiger partial charge in [0.2, 0.25) is 0 Å². The average Bonchev–Trinajstić information content (AvgIpc) is 2.12. The van der Waals surface area contributed by atoms with Gasteiger partial charge in [0.1, 0.15) is 0 Å². The van der Waals surface area contributed by atoms with Crippen LogP contribution in [-0.2, 0) is 33.4 Å². The molecule has 0 radical (unpaired) electrons. The molecule has 0 bridgehead atoms. The van der Waals surface area contributed by atoms with Crippen LogP contribution in [0.2, 0.25) is 0 Å². The zero-order chi connectivity index (χ0) is 15.2. The van der Waals surface area contributed by atoms with Crippen LogP contribution in [0.15, 0.2) is 0 Å². The number of aliphatic hydroxyl groups is 1. The van der Waals surface area contributed by atoms with Crippen molar-refractivity contribution in [3.05, 3.63) is 0 Å². The summed E-state index contributed by atoms with van der Waals surface area (Å²) in [6, 6.07) is 0. The second-order valence-electron chi connectivity index (χ2n) is 3.62. The van der Waals surface area contributed by atoms with E-state index in [1.54, 1.807) is 0 Å². The van der Waals surface area contributed by atoms with Crippen molar-refractivity contribution in [2.24, 2.45) is 0 Å². The van der Waals surface area contributed by atoms with Gasteiger partial charge >= 0.3 is 119 Å². The van der Waals surface area contributed by atoms with Crippen molar-refractivity contribution in [2.45, 2.75) is 32.3 Å². The number of ether oxygens (including phenoxy) is 2. The minimum absolute atomic E-state index is 0. The van der Waals surface area contributed by atoms with Crippen LogP contribution in [0.5, 0.6) is 0 Å². The minimum atomic E-state index is -2.82. The number of rotatable bonds is 5. The second kappa shape index (κ2) is 16.5. The number of esters is 4. The number of carbonyl (C=O) groups excluding carboxylic acids is 4.